The molecule has 2 aromatic carbocycles. The van der Waals surface area contributed by atoms with Crippen molar-refractivity contribution in [3.05, 3.63) is 59.4 Å². The summed E-state index contributed by atoms with van der Waals surface area (Å²) in [5.41, 5.74) is -2.77. The molecule has 0 saturated carbocycles. The van der Waals surface area contributed by atoms with Crippen LogP contribution in [0.3, 0.4) is 0 Å². The van der Waals surface area contributed by atoms with E-state index in [-0.39, 0.29) is 18.3 Å². The highest BCUT2D eigenvalue weighted by Crippen LogP contribution is 2.35. The third-order valence-electron chi connectivity index (χ3n) is 3.60. The Balaban J connectivity index is 2.48. The zero-order valence-electron chi connectivity index (χ0n) is 16.5. The van der Waals surface area contributed by atoms with Gasteiger partial charge in [0.2, 0.25) is 34.8 Å². The number of hydrogen-bond donors (Lipinski definition) is 0. The average molecular weight is 465 g/mol. The summed E-state index contributed by atoms with van der Waals surface area (Å²) in [4.78, 5) is 24.8. The molecule has 0 aromatic heterocycles. The van der Waals surface area contributed by atoms with E-state index in [2.05, 4.69) is 4.74 Å². The van der Waals surface area contributed by atoms with E-state index in [4.69, 9.17) is 14.0 Å². The van der Waals surface area contributed by atoms with E-state index in [9.17, 15) is 31.6 Å². The summed E-state index contributed by atoms with van der Waals surface area (Å²) in [5, 5.41) is 0. The quantitative estimate of drug-likeness (QED) is 0.187. The first-order valence-corrected chi connectivity index (χ1v) is 9.90. The van der Waals surface area contributed by atoms with Crippen molar-refractivity contribution in [2.24, 2.45) is 10.7 Å². The fourth-order valence-electron chi connectivity index (χ4n) is 2.10. The molecule has 168 valence electrons. The van der Waals surface area contributed by atoms with Crippen molar-refractivity contribution in [1.29, 1.82) is 0 Å². The largest absolute Gasteiger partial charge is 0.575 e. The van der Waals surface area contributed by atoms with Crippen molar-refractivity contribution in [3.8, 4) is 11.5 Å². The summed E-state index contributed by atoms with van der Waals surface area (Å²) >= 11 is 0. The zero-order valence-corrected chi connectivity index (χ0v) is 17.4. The lowest BCUT2D eigenvalue weighted by molar-refractivity contribution is -0.174. The van der Waals surface area contributed by atoms with Gasteiger partial charge in [0, 0.05) is 6.92 Å². The maximum Gasteiger partial charge on any atom is 0.399 e. The smallest absolute Gasteiger partial charge is 0.399 e. The first-order chi connectivity index (χ1) is 14.5. The standard InChI is InChI=1S/C19H17F5NO5P/c1-10(2)9-28-18(26)19(3,25-31(27)30-11-7-5-4-6-8-11)29-17-15(23)13(21)12(20)14(22)16(17)24/h4-8,10H,9H2,1-3H3/t19-/m0/s1. The molecule has 0 heterocycles. The van der Waals surface area contributed by atoms with Crippen LogP contribution < -0.4 is 14.2 Å². The Kier molecular flexibility index (Phi) is 7.91. The number of nitrogens with zero attached hydrogens (tertiary/aromatic N) is 1. The van der Waals surface area contributed by atoms with Gasteiger partial charge in [-0.25, -0.2) is 18.0 Å². The van der Waals surface area contributed by atoms with Gasteiger partial charge in [-0.05, 0) is 22.8 Å². The number of carbonyl (C=O) groups excluding carboxylic acids is 1. The number of halogens is 5. The Hall–Kier alpha value is -2.78. The Morgan fingerprint density at radius 1 is 1.03 bits per heavy atom. The van der Waals surface area contributed by atoms with Crippen LogP contribution in [0.2, 0.25) is 0 Å². The lowest BCUT2D eigenvalue weighted by Crippen LogP contribution is -2.42. The van der Waals surface area contributed by atoms with Gasteiger partial charge in [0.25, 0.3) is 0 Å². The van der Waals surface area contributed by atoms with Crippen LogP contribution in [-0.4, -0.2) is 18.3 Å². The highest BCUT2D eigenvalue weighted by Gasteiger charge is 2.44. The van der Waals surface area contributed by atoms with E-state index in [0.717, 1.165) is 6.92 Å². The summed E-state index contributed by atoms with van der Waals surface area (Å²) in [7, 11) is -3.10. The topological polar surface area (TPSA) is 80.2 Å². The summed E-state index contributed by atoms with van der Waals surface area (Å²) in [6, 6.07) is 7.53. The third-order valence-corrected chi connectivity index (χ3v) is 4.51. The molecular formula is C19H17F5NO5P. The summed E-state index contributed by atoms with van der Waals surface area (Å²) in [6.07, 6.45) is 0. The number of esters is 1. The number of carbonyl (C=O) groups is 1. The van der Waals surface area contributed by atoms with Gasteiger partial charge in [0.05, 0.1) is 6.61 Å². The highest BCUT2D eigenvalue weighted by molar-refractivity contribution is 7.34. The number of rotatable bonds is 8. The van der Waals surface area contributed by atoms with Crippen LogP contribution in [0.4, 0.5) is 22.0 Å². The number of ether oxygens (including phenoxy) is 2. The molecule has 31 heavy (non-hydrogen) atoms. The molecule has 0 aliphatic carbocycles. The maximum atomic E-state index is 14.1. The Labute approximate surface area is 175 Å². The lowest BCUT2D eigenvalue weighted by atomic mass is 10.2. The molecule has 2 aromatic rings. The normalized spacial score (nSPS) is 13.7. The molecule has 0 radical (unpaired) electrons. The maximum absolute atomic E-state index is 14.1. The van der Waals surface area contributed by atoms with Gasteiger partial charge in [-0.1, -0.05) is 32.0 Å². The van der Waals surface area contributed by atoms with Gasteiger partial charge in [-0.15, -0.1) is 0 Å². The first-order valence-electron chi connectivity index (χ1n) is 8.77. The van der Waals surface area contributed by atoms with Crippen LogP contribution in [0.1, 0.15) is 20.8 Å². The van der Waals surface area contributed by atoms with Crippen LogP contribution in [0, 0.1) is 35.0 Å². The Bertz CT molecular complexity index is 960. The molecule has 2 rings (SSSR count). The van der Waals surface area contributed by atoms with Gasteiger partial charge in [0.1, 0.15) is 0 Å². The van der Waals surface area contributed by atoms with Crippen LogP contribution in [0.25, 0.3) is 0 Å². The van der Waals surface area contributed by atoms with Gasteiger partial charge < -0.3 is 14.4 Å². The van der Waals surface area contributed by atoms with Crippen LogP contribution in [-0.2, 0) is 9.53 Å². The van der Waals surface area contributed by atoms with Crippen molar-refractivity contribution in [2.75, 3.05) is 6.61 Å². The molecule has 6 nitrogen and oxygen atoms in total. The van der Waals surface area contributed by atoms with Crippen molar-refractivity contribution in [2.45, 2.75) is 26.5 Å². The second kappa shape index (κ2) is 10.0. The zero-order chi connectivity index (χ0) is 23.3. The second-order valence-corrected chi connectivity index (χ2v) is 7.58. The van der Waals surface area contributed by atoms with Gasteiger partial charge in [-0.3, -0.25) is 4.52 Å². The van der Waals surface area contributed by atoms with Crippen molar-refractivity contribution in [3.63, 3.8) is 0 Å². The summed E-state index contributed by atoms with van der Waals surface area (Å²) < 4.78 is 86.6. The van der Waals surface area contributed by atoms with Crippen LogP contribution in [0.15, 0.2) is 35.1 Å². The molecular weight excluding hydrogens is 448 g/mol. The van der Waals surface area contributed by atoms with E-state index in [1.165, 1.54) is 12.1 Å². The molecule has 12 heteroatoms. The minimum Gasteiger partial charge on any atom is -0.575 e. The van der Waals surface area contributed by atoms with E-state index in [1.54, 1.807) is 32.0 Å². The lowest BCUT2D eigenvalue weighted by Gasteiger charge is -2.23. The van der Waals surface area contributed by atoms with Gasteiger partial charge >= 0.3 is 19.9 Å². The van der Waals surface area contributed by atoms with Crippen molar-refractivity contribution >= 4 is 14.1 Å². The predicted molar refractivity (Wildman–Crippen MR) is 97.5 cm³/mol. The molecule has 0 spiro atoms. The van der Waals surface area contributed by atoms with Gasteiger partial charge in [-0.2, -0.15) is 8.78 Å². The molecule has 0 fully saturated rings. The molecule has 0 amide bonds. The summed E-state index contributed by atoms with van der Waals surface area (Å²) in [6.45, 7) is 3.94. The van der Waals surface area contributed by atoms with E-state index in [1.807, 2.05) is 0 Å². The monoisotopic (exact) mass is 465 g/mol. The number of hydrogen-bond acceptors (Lipinski definition) is 6. The van der Waals surface area contributed by atoms with Gasteiger partial charge in [0.15, 0.2) is 5.75 Å². The molecule has 2 atom stereocenters. The molecule has 0 saturated heterocycles. The Morgan fingerprint density at radius 3 is 2.06 bits per heavy atom. The number of benzene rings is 2. The number of para-hydroxylation sites is 1. The average Bonchev–Trinajstić information content (AvgIpc) is 2.72. The van der Waals surface area contributed by atoms with Crippen molar-refractivity contribution in [1.82, 2.24) is 0 Å². The molecule has 0 aliphatic rings. The van der Waals surface area contributed by atoms with E-state index < -0.39 is 54.7 Å². The fraction of sp³-hybridized carbons (Fsp3) is 0.316. The molecule has 0 N–H and O–H groups in total. The van der Waals surface area contributed by atoms with Crippen LogP contribution >= 0.6 is 8.17 Å². The predicted octanol–water partition coefficient (Wildman–Crippen LogP) is 4.61. The summed E-state index contributed by atoms with van der Waals surface area (Å²) in [5.74, 6) is -15.0. The Morgan fingerprint density at radius 2 is 1.55 bits per heavy atom. The minimum atomic E-state index is -3.10. The third kappa shape index (κ3) is 5.89. The van der Waals surface area contributed by atoms with Crippen LogP contribution in [0.5, 0.6) is 11.5 Å². The molecule has 0 aliphatic heterocycles. The molecule has 0 bridgehead atoms. The second-order valence-electron chi connectivity index (χ2n) is 6.72. The first kappa shape index (κ1) is 24.5. The SMILES string of the molecule is CC(C)COC(=O)[C@@](C)(N=[P+]([O-])Oc1ccccc1)Oc1c(F)c(F)c(F)c(F)c1F. The molecule has 1 unspecified atom stereocenters. The minimum absolute atomic E-state index is 0.0708. The van der Waals surface area contributed by atoms with E-state index in [0.29, 0.717) is 0 Å². The van der Waals surface area contributed by atoms with E-state index >= 15 is 0 Å². The fourth-order valence-corrected chi connectivity index (χ4v) is 2.88. The highest BCUT2D eigenvalue weighted by atomic mass is 31.1. The van der Waals surface area contributed by atoms with Crippen molar-refractivity contribution < 1.29 is 45.6 Å².